The summed E-state index contributed by atoms with van der Waals surface area (Å²) in [4.78, 5) is 26.5. The Balaban J connectivity index is 2.52. The van der Waals surface area contributed by atoms with Gasteiger partial charge in [-0.05, 0) is 13.8 Å². The average Bonchev–Trinajstić information content (AvgIpc) is 2.37. The summed E-state index contributed by atoms with van der Waals surface area (Å²) in [5.74, 6) is -0.362. The maximum Gasteiger partial charge on any atom is 0.254 e. The molecular formula is C11H20N2O4. The molecule has 98 valence electrons. The van der Waals surface area contributed by atoms with Crippen LogP contribution in [0.15, 0.2) is 0 Å². The zero-order valence-corrected chi connectivity index (χ0v) is 10.6. The number of methoxy groups -OCH3 is 1. The summed E-state index contributed by atoms with van der Waals surface area (Å²) < 4.78 is 5.14. The van der Waals surface area contributed by atoms with Crippen molar-refractivity contribution in [3.05, 3.63) is 0 Å². The lowest BCUT2D eigenvalue weighted by Crippen LogP contribution is -2.55. The summed E-state index contributed by atoms with van der Waals surface area (Å²) in [6.07, 6.45) is 0. The van der Waals surface area contributed by atoms with Crippen molar-refractivity contribution in [3.63, 3.8) is 0 Å². The van der Waals surface area contributed by atoms with Crippen LogP contribution >= 0.6 is 0 Å². The number of carbonyl (C=O) groups excluding carboxylic acids is 2. The number of aliphatic hydroxyl groups excluding tert-OH is 1. The Kier molecular flexibility index (Phi) is 4.47. The second-order valence-electron chi connectivity index (χ2n) is 4.55. The highest BCUT2D eigenvalue weighted by Crippen LogP contribution is 2.14. The minimum Gasteiger partial charge on any atom is -0.387 e. The summed E-state index contributed by atoms with van der Waals surface area (Å²) >= 11 is 0. The highest BCUT2D eigenvalue weighted by atomic mass is 16.5. The number of ether oxygens (including phenoxy) is 1. The van der Waals surface area contributed by atoms with Crippen LogP contribution in [0.25, 0.3) is 0 Å². The van der Waals surface area contributed by atoms with Gasteiger partial charge in [0.2, 0.25) is 5.91 Å². The summed E-state index contributed by atoms with van der Waals surface area (Å²) in [6.45, 7) is 4.86. The molecule has 2 amide bonds. The predicted molar refractivity (Wildman–Crippen MR) is 61.3 cm³/mol. The summed E-state index contributed by atoms with van der Waals surface area (Å²) in [7, 11) is 1.50. The van der Waals surface area contributed by atoms with Crippen LogP contribution < -0.4 is 0 Å². The predicted octanol–water partition coefficient (Wildman–Crippen LogP) is -0.925. The Bertz CT molecular complexity index is 296. The van der Waals surface area contributed by atoms with E-state index in [2.05, 4.69) is 0 Å². The molecule has 1 aliphatic heterocycles. The van der Waals surface area contributed by atoms with Crippen LogP contribution in [0, 0.1) is 0 Å². The largest absolute Gasteiger partial charge is 0.387 e. The molecule has 0 atom stereocenters. The third-order valence-corrected chi connectivity index (χ3v) is 3.08. The zero-order valence-electron chi connectivity index (χ0n) is 10.6. The van der Waals surface area contributed by atoms with Gasteiger partial charge in [-0.25, -0.2) is 0 Å². The minimum atomic E-state index is -0.830. The van der Waals surface area contributed by atoms with Crippen molar-refractivity contribution < 1.29 is 19.4 Å². The number of hydrogen-bond acceptors (Lipinski definition) is 4. The molecule has 17 heavy (non-hydrogen) atoms. The fraction of sp³-hybridized carbons (Fsp3) is 0.818. The van der Waals surface area contributed by atoms with Crippen LogP contribution in [0.3, 0.4) is 0 Å². The van der Waals surface area contributed by atoms with Gasteiger partial charge in [-0.1, -0.05) is 0 Å². The summed E-state index contributed by atoms with van der Waals surface area (Å²) in [6, 6.07) is 0. The van der Waals surface area contributed by atoms with E-state index in [1.165, 1.54) is 7.11 Å². The number of carbonyl (C=O) groups is 2. The first-order valence-corrected chi connectivity index (χ1v) is 5.65. The molecule has 0 aliphatic carbocycles. The topological polar surface area (TPSA) is 70.1 Å². The van der Waals surface area contributed by atoms with Crippen LogP contribution in [0.5, 0.6) is 0 Å². The minimum absolute atomic E-state index is 0.0731. The van der Waals surface area contributed by atoms with Gasteiger partial charge in [-0.2, -0.15) is 0 Å². The Morgan fingerprint density at radius 1 is 1.18 bits per heavy atom. The van der Waals surface area contributed by atoms with Gasteiger partial charge in [0.15, 0.2) is 0 Å². The lowest BCUT2D eigenvalue weighted by molar-refractivity contribution is -0.154. The number of piperazine rings is 1. The van der Waals surface area contributed by atoms with E-state index >= 15 is 0 Å². The van der Waals surface area contributed by atoms with Gasteiger partial charge in [0.05, 0.1) is 0 Å². The van der Waals surface area contributed by atoms with E-state index in [0.29, 0.717) is 26.2 Å². The smallest absolute Gasteiger partial charge is 0.254 e. The Labute approximate surface area is 101 Å². The molecule has 1 saturated heterocycles. The van der Waals surface area contributed by atoms with Gasteiger partial charge in [0.1, 0.15) is 12.2 Å². The molecule has 0 saturated carbocycles. The van der Waals surface area contributed by atoms with Gasteiger partial charge in [0, 0.05) is 33.3 Å². The lowest BCUT2D eigenvalue weighted by Gasteiger charge is -2.37. The third-order valence-electron chi connectivity index (χ3n) is 3.08. The van der Waals surface area contributed by atoms with E-state index in [4.69, 9.17) is 9.84 Å². The molecule has 1 rings (SSSR count). The first-order chi connectivity index (χ1) is 7.92. The van der Waals surface area contributed by atoms with Gasteiger partial charge < -0.3 is 19.6 Å². The van der Waals surface area contributed by atoms with E-state index in [0.717, 1.165) is 0 Å². The Morgan fingerprint density at radius 3 is 2.06 bits per heavy atom. The molecule has 0 aromatic rings. The van der Waals surface area contributed by atoms with E-state index in [1.807, 2.05) is 0 Å². The molecule has 0 radical (unpaired) electrons. The third kappa shape index (κ3) is 3.17. The van der Waals surface area contributed by atoms with Crippen molar-refractivity contribution in [2.75, 3.05) is 39.9 Å². The van der Waals surface area contributed by atoms with Gasteiger partial charge in [0.25, 0.3) is 5.91 Å². The van der Waals surface area contributed by atoms with Crippen LogP contribution in [-0.4, -0.2) is 72.2 Å². The number of hydrogen-bond donors (Lipinski definition) is 1. The van der Waals surface area contributed by atoms with Gasteiger partial charge in [-0.15, -0.1) is 0 Å². The van der Waals surface area contributed by atoms with Gasteiger partial charge >= 0.3 is 0 Å². The average molecular weight is 244 g/mol. The van der Waals surface area contributed by atoms with Crippen molar-refractivity contribution in [2.45, 2.75) is 19.4 Å². The fourth-order valence-corrected chi connectivity index (χ4v) is 1.73. The molecule has 6 heteroatoms. The fourth-order valence-electron chi connectivity index (χ4n) is 1.73. The van der Waals surface area contributed by atoms with Crippen LogP contribution in [0.4, 0.5) is 0 Å². The highest BCUT2D eigenvalue weighted by molar-refractivity contribution is 5.85. The normalized spacial score (nSPS) is 17.2. The molecule has 0 aromatic carbocycles. The molecule has 0 bridgehead atoms. The monoisotopic (exact) mass is 244 g/mol. The molecule has 1 N–H and O–H groups in total. The quantitative estimate of drug-likeness (QED) is 0.696. The van der Waals surface area contributed by atoms with E-state index in [1.54, 1.807) is 23.6 Å². The molecule has 6 nitrogen and oxygen atoms in total. The number of aliphatic hydroxyl groups is 1. The first kappa shape index (κ1) is 13.9. The van der Waals surface area contributed by atoms with Gasteiger partial charge in [-0.3, -0.25) is 9.59 Å². The molecule has 0 unspecified atom stereocenters. The van der Waals surface area contributed by atoms with Crippen LogP contribution in [0.1, 0.15) is 13.8 Å². The second kappa shape index (κ2) is 5.46. The molecule has 1 heterocycles. The lowest BCUT2D eigenvalue weighted by atomic mass is 10.1. The summed E-state index contributed by atoms with van der Waals surface area (Å²) in [5.41, 5.74) is -0.830. The first-order valence-electron chi connectivity index (χ1n) is 5.65. The Morgan fingerprint density at radius 2 is 1.65 bits per heavy atom. The maximum atomic E-state index is 12.0. The maximum absolute atomic E-state index is 12.0. The van der Waals surface area contributed by atoms with Crippen molar-refractivity contribution in [3.8, 4) is 0 Å². The Hall–Kier alpha value is -1.14. The van der Waals surface area contributed by atoms with Crippen LogP contribution in [0.2, 0.25) is 0 Å². The summed E-state index contributed by atoms with van der Waals surface area (Å²) in [5, 5.41) is 8.74. The number of nitrogens with zero attached hydrogens (tertiary/aromatic N) is 2. The SMILES string of the molecule is COC(C)(C)C(=O)N1CCN(C(=O)CO)CC1. The molecular weight excluding hydrogens is 224 g/mol. The molecule has 0 spiro atoms. The van der Waals surface area contributed by atoms with Crippen molar-refractivity contribution >= 4 is 11.8 Å². The van der Waals surface area contributed by atoms with E-state index in [-0.39, 0.29) is 11.8 Å². The number of rotatable bonds is 3. The molecule has 0 aromatic heterocycles. The number of amides is 2. The second-order valence-corrected chi connectivity index (χ2v) is 4.55. The standard InChI is InChI=1S/C11H20N2O4/c1-11(2,17-3)10(16)13-6-4-12(5-7-13)9(15)8-14/h14H,4-8H2,1-3H3. The van der Waals surface area contributed by atoms with E-state index in [9.17, 15) is 9.59 Å². The highest BCUT2D eigenvalue weighted by Gasteiger charge is 2.34. The zero-order chi connectivity index (χ0) is 13.1. The van der Waals surface area contributed by atoms with Crippen molar-refractivity contribution in [1.82, 2.24) is 9.80 Å². The van der Waals surface area contributed by atoms with Crippen LogP contribution in [-0.2, 0) is 14.3 Å². The van der Waals surface area contributed by atoms with E-state index < -0.39 is 12.2 Å². The van der Waals surface area contributed by atoms with Crippen molar-refractivity contribution in [2.24, 2.45) is 0 Å². The molecule has 1 aliphatic rings. The molecule has 1 fully saturated rings. The van der Waals surface area contributed by atoms with Crippen molar-refractivity contribution in [1.29, 1.82) is 0 Å².